The van der Waals surface area contributed by atoms with Gasteiger partial charge in [-0.15, -0.1) is 0 Å². The Hall–Kier alpha value is -2.69. The summed E-state index contributed by atoms with van der Waals surface area (Å²) in [6.07, 6.45) is 2.51. The van der Waals surface area contributed by atoms with Crippen molar-refractivity contribution in [2.45, 2.75) is 26.4 Å². The Morgan fingerprint density at radius 2 is 1.68 bits per heavy atom. The van der Waals surface area contributed by atoms with E-state index in [1.54, 1.807) is 69.6 Å². The summed E-state index contributed by atoms with van der Waals surface area (Å²) in [6.45, 7) is 5.34. The van der Waals surface area contributed by atoms with Gasteiger partial charge in [0.05, 0.1) is 5.69 Å². The van der Waals surface area contributed by atoms with Gasteiger partial charge in [0.2, 0.25) is 0 Å². The lowest BCUT2D eigenvalue weighted by molar-refractivity contribution is 0.0636. The van der Waals surface area contributed by atoms with Crippen LogP contribution in [0.4, 0.5) is 10.5 Å². The van der Waals surface area contributed by atoms with Crippen LogP contribution in [0.5, 0.6) is 0 Å². The molecule has 2 aromatic rings. The lowest BCUT2D eigenvalue weighted by Gasteiger charge is -2.20. The molecule has 0 saturated heterocycles. The molecular formula is C17H18N2O3. The molecule has 2 rings (SSSR count). The predicted molar refractivity (Wildman–Crippen MR) is 84.0 cm³/mol. The molecule has 0 aliphatic heterocycles. The Labute approximate surface area is 129 Å². The molecule has 5 nitrogen and oxygen atoms in total. The van der Waals surface area contributed by atoms with E-state index in [1.165, 1.54) is 0 Å². The van der Waals surface area contributed by atoms with E-state index in [9.17, 15) is 9.59 Å². The van der Waals surface area contributed by atoms with Gasteiger partial charge in [-0.25, -0.2) is 4.79 Å². The molecule has 0 radical (unpaired) electrons. The van der Waals surface area contributed by atoms with E-state index in [-0.39, 0.29) is 5.78 Å². The molecule has 1 amide bonds. The number of rotatable bonds is 3. The average Bonchev–Trinajstić information content (AvgIpc) is 2.46. The van der Waals surface area contributed by atoms with Crippen molar-refractivity contribution in [3.05, 3.63) is 59.9 Å². The number of hydrogen-bond acceptors (Lipinski definition) is 4. The van der Waals surface area contributed by atoms with Gasteiger partial charge in [-0.2, -0.15) is 0 Å². The molecule has 0 bridgehead atoms. The highest BCUT2D eigenvalue weighted by Gasteiger charge is 2.19. The fraction of sp³-hybridized carbons (Fsp3) is 0.235. The van der Waals surface area contributed by atoms with Crippen molar-refractivity contribution in [1.29, 1.82) is 0 Å². The number of aromatic nitrogens is 1. The summed E-state index contributed by atoms with van der Waals surface area (Å²) in [5.41, 5.74) is 0.722. The Kier molecular flexibility index (Phi) is 4.56. The molecule has 1 aromatic heterocycles. The standard InChI is InChI=1S/C17H18N2O3/c1-17(2,3)22-16(21)19-14-7-5-4-6-13(14)15(20)12-8-10-18-11-9-12/h4-11H,1-3H3,(H,19,21). The van der Waals surface area contributed by atoms with Gasteiger partial charge in [0.1, 0.15) is 5.60 Å². The second-order valence-electron chi connectivity index (χ2n) is 5.74. The second-order valence-corrected chi connectivity index (χ2v) is 5.74. The zero-order chi connectivity index (χ0) is 16.2. The minimum absolute atomic E-state index is 0.186. The van der Waals surface area contributed by atoms with Gasteiger partial charge in [-0.3, -0.25) is 15.1 Å². The fourth-order valence-corrected chi connectivity index (χ4v) is 1.86. The average molecular weight is 298 g/mol. The molecule has 114 valence electrons. The Balaban J connectivity index is 2.24. The first-order valence-electron chi connectivity index (χ1n) is 6.90. The monoisotopic (exact) mass is 298 g/mol. The molecule has 0 aliphatic carbocycles. The van der Waals surface area contributed by atoms with Crippen LogP contribution in [0.1, 0.15) is 36.7 Å². The Morgan fingerprint density at radius 1 is 1.05 bits per heavy atom. The highest BCUT2D eigenvalue weighted by atomic mass is 16.6. The molecule has 5 heteroatoms. The molecule has 1 aromatic carbocycles. The second kappa shape index (κ2) is 6.39. The number of ketones is 1. The van der Waals surface area contributed by atoms with Gasteiger partial charge >= 0.3 is 6.09 Å². The van der Waals surface area contributed by atoms with E-state index in [2.05, 4.69) is 10.3 Å². The van der Waals surface area contributed by atoms with Gasteiger partial charge in [-0.1, -0.05) is 12.1 Å². The molecule has 0 aliphatic rings. The number of anilines is 1. The Morgan fingerprint density at radius 3 is 2.32 bits per heavy atom. The van der Waals surface area contributed by atoms with Gasteiger partial charge in [0.15, 0.2) is 5.78 Å². The minimum atomic E-state index is -0.603. The van der Waals surface area contributed by atoms with Crippen molar-refractivity contribution in [2.75, 3.05) is 5.32 Å². The minimum Gasteiger partial charge on any atom is -0.444 e. The zero-order valence-corrected chi connectivity index (χ0v) is 12.8. The quantitative estimate of drug-likeness (QED) is 0.878. The van der Waals surface area contributed by atoms with Crippen molar-refractivity contribution in [3.8, 4) is 0 Å². The van der Waals surface area contributed by atoms with E-state index < -0.39 is 11.7 Å². The summed E-state index contributed by atoms with van der Waals surface area (Å²) >= 11 is 0. The van der Waals surface area contributed by atoms with Crippen LogP contribution in [0.3, 0.4) is 0 Å². The van der Waals surface area contributed by atoms with Gasteiger partial charge in [0, 0.05) is 23.5 Å². The third-order valence-electron chi connectivity index (χ3n) is 2.75. The van der Waals surface area contributed by atoms with Crippen LogP contribution in [-0.2, 0) is 4.74 Å². The van der Waals surface area contributed by atoms with Crippen molar-refractivity contribution < 1.29 is 14.3 Å². The number of carbonyl (C=O) groups excluding carboxylic acids is 2. The van der Waals surface area contributed by atoms with Gasteiger partial charge < -0.3 is 4.74 Å². The van der Waals surface area contributed by atoms with E-state index in [0.717, 1.165) is 0 Å². The van der Waals surface area contributed by atoms with Gasteiger partial charge in [-0.05, 0) is 45.0 Å². The first-order chi connectivity index (χ1) is 10.4. The molecule has 0 unspecified atom stereocenters. The Bertz CT molecular complexity index is 676. The smallest absolute Gasteiger partial charge is 0.412 e. The predicted octanol–water partition coefficient (Wildman–Crippen LogP) is 3.66. The highest BCUT2D eigenvalue weighted by molar-refractivity contribution is 6.13. The largest absolute Gasteiger partial charge is 0.444 e. The third kappa shape index (κ3) is 4.15. The van der Waals surface area contributed by atoms with Crippen molar-refractivity contribution in [3.63, 3.8) is 0 Å². The van der Waals surface area contributed by atoms with Crippen LogP contribution in [0.2, 0.25) is 0 Å². The summed E-state index contributed by atoms with van der Waals surface area (Å²) < 4.78 is 5.21. The van der Waals surface area contributed by atoms with Crippen molar-refractivity contribution >= 4 is 17.6 Å². The van der Waals surface area contributed by atoms with Crippen LogP contribution >= 0.6 is 0 Å². The van der Waals surface area contributed by atoms with Crippen LogP contribution in [0.25, 0.3) is 0 Å². The summed E-state index contributed by atoms with van der Waals surface area (Å²) in [5, 5.41) is 2.62. The molecule has 22 heavy (non-hydrogen) atoms. The maximum atomic E-state index is 12.5. The lowest BCUT2D eigenvalue weighted by atomic mass is 10.0. The molecule has 1 heterocycles. The van der Waals surface area contributed by atoms with E-state index in [4.69, 9.17) is 4.74 Å². The van der Waals surface area contributed by atoms with E-state index in [1.807, 2.05) is 0 Å². The highest BCUT2D eigenvalue weighted by Crippen LogP contribution is 2.20. The summed E-state index contributed by atoms with van der Waals surface area (Å²) in [6, 6.07) is 10.1. The number of hydrogen-bond donors (Lipinski definition) is 1. The van der Waals surface area contributed by atoms with Crippen LogP contribution < -0.4 is 5.32 Å². The number of benzene rings is 1. The van der Waals surface area contributed by atoms with E-state index in [0.29, 0.717) is 16.8 Å². The maximum Gasteiger partial charge on any atom is 0.412 e. The lowest BCUT2D eigenvalue weighted by Crippen LogP contribution is -2.27. The molecule has 0 atom stereocenters. The zero-order valence-electron chi connectivity index (χ0n) is 12.8. The molecular weight excluding hydrogens is 280 g/mol. The van der Waals surface area contributed by atoms with Crippen LogP contribution in [0, 0.1) is 0 Å². The summed E-state index contributed by atoms with van der Waals surface area (Å²) in [4.78, 5) is 28.3. The molecule has 1 N–H and O–H groups in total. The van der Waals surface area contributed by atoms with Gasteiger partial charge in [0.25, 0.3) is 0 Å². The number of para-hydroxylation sites is 1. The fourth-order valence-electron chi connectivity index (χ4n) is 1.86. The normalized spacial score (nSPS) is 10.9. The molecule has 0 fully saturated rings. The van der Waals surface area contributed by atoms with Crippen molar-refractivity contribution in [2.24, 2.45) is 0 Å². The molecule has 0 spiro atoms. The summed E-state index contributed by atoms with van der Waals surface area (Å²) in [7, 11) is 0. The number of nitrogens with zero attached hydrogens (tertiary/aromatic N) is 1. The van der Waals surface area contributed by atoms with Crippen molar-refractivity contribution in [1.82, 2.24) is 4.98 Å². The topological polar surface area (TPSA) is 68.3 Å². The number of carbonyl (C=O) groups is 2. The number of nitrogens with one attached hydrogen (secondary N) is 1. The number of amides is 1. The molecule has 0 saturated carbocycles. The van der Waals surface area contributed by atoms with Crippen LogP contribution in [-0.4, -0.2) is 22.5 Å². The third-order valence-corrected chi connectivity index (χ3v) is 2.75. The van der Waals surface area contributed by atoms with Crippen LogP contribution in [0.15, 0.2) is 48.8 Å². The first-order valence-corrected chi connectivity index (χ1v) is 6.90. The SMILES string of the molecule is CC(C)(C)OC(=O)Nc1ccccc1C(=O)c1ccncc1. The maximum absolute atomic E-state index is 12.5. The summed E-state index contributed by atoms with van der Waals surface area (Å²) in [5.74, 6) is -0.186. The number of ether oxygens (including phenoxy) is 1. The van der Waals surface area contributed by atoms with E-state index >= 15 is 0 Å². The first kappa shape index (κ1) is 15.7. The number of pyridine rings is 1.